The van der Waals surface area contributed by atoms with Crippen LogP contribution in [-0.4, -0.2) is 57.0 Å². The number of amides is 2. The van der Waals surface area contributed by atoms with Gasteiger partial charge < -0.3 is 19.2 Å². The summed E-state index contributed by atoms with van der Waals surface area (Å²) in [6.45, 7) is 5.82. The molecule has 3 aromatic heterocycles. The van der Waals surface area contributed by atoms with E-state index in [1.54, 1.807) is 32.9 Å². The Hall–Kier alpha value is -4.36. The topological polar surface area (TPSA) is 142 Å². The minimum Gasteiger partial charge on any atom is -0.469 e. The second-order valence-electron chi connectivity index (χ2n) is 12.2. The molecule has 1 N–H and O–H groups in total. The maximum atomic E-state index is 13.9. The SMILES string of the molecule is COC(=O)C1CCC(n2cc(NC(=O)c3coc(-c4ccnc(N(CC5CC5)C(=O)OC(C)(C)C)c4)n3)c(C(F)F)n2)CC1. The maximum absolute atomic E-state index is 13.9. The van der Waals surface area contributed by atoms with E-state index in [0.717, 1.165) is 19.1 Å². The van der Waals surface area contributed by atoms with Gasteiger partial charge in [-0.05, 0) is 77.3 Å². The number of methoxy groups -OCH3 is 1. The van der Waals surface area contributed by atoms with Crippen molar-refractivity contribution in [3.63, 3.8) is 0 Å². The monoisotopic (exact) mass is 614 g/mol. The number of nitrogens with zero attached hydrogens (tertiary/aromatic N) is 5. The standard InChI is InChI=1S/C30H36F2N6O6/c1-30(2,3)44-29(41)37(14-17-5-6-17)23-13-19(11-12-33-23)27-35-22(16-43-27)26(39)34-21-15-38(36-24(21)25(31)32)20-9-7-18(8-10-20)28(40)42-4/h11-13,15-18,20,25H,5-10,14H2,1-4H3,(H,34,39). The van der Waals surface area contributed by atoms with Gasteiger partial charge in [0.1, 0.15) is 17.7 Å². The minimum absolute atomic E-state index is 0.0847. The van der Waals surface area contributed by atoms with Crippen molar-refractivity contribution in [2.24, 2.45) is 11.8 Å². The highest BCUT2D eigenvalue weighted by molar-refractivity contribution is 6.03. The van der Waals surface area contributed by atoms with Crippen molar-refractivity contribution in [1.82, 2.24) is 19.7 Å². The third-order valence-electron chi connectivity index (χ3n) is 7.58. The van der Waals surface area contributed by atoms with E-state index in [9.17, 15) is 23.2 Å². The molecule has 2 fully saturated rings. The zero-order valence-corrected chi connectivity index (χ0v) is 25.1. The van der Waals surface area contributed by atoms with Crippen molar-refractivity contribution >= 4 is 29.5 Å². The van der Waals surface area contributed by atoms with Crippen LogP contribution in [0.25, 0.3) is 11.5 Å². The number of halogens is 2. The maximum Gasteiger partial charge on any atom is 0.416 e. The number of anilines is 2. The van der Waals surface area contributed by atoms with Gasteiger partial charge in [-0.3, -0.25) is 19.2 Å². The number of hydrogen-bond donors (Lipinski definition) is 1. The molecule has 2 saturated carbocycles. The van der Waals surface area contributed by atoms with Gasteiger partial charge in [-0.15, -0.1) is 0 Å². The highest BCUT2D eigenvalue weighted by atomic mass is 19.3. The first-order valence-corrected chi connectivity index (χ1v) is 14.6. The predicted octanol–water partition coefficient (Wildman–Crippen LogP) is 6.18. The van der Waals surface area contributed by atoms with Gasteiger partial charge in [0.15, 0.2) is 11.4 Å². The Labute approximate surface area is 253 Å². The fraction of sp³-hybridized carbons (Fsp3) is 0.533. The van der Waals surface area contributed by atoms with E-state index in [1.165, 1.54) is 29.1 Å². The van der Waals surface area contributed by atoms with Crippen LogP contribution in [0.1, 0.15) is 87.9 Å². The minimum atomic E-state index is -2.93. The lowest BCUT2D eigenvalue weighted by Crippen LogP contribution is -2.38. The van der Waals surface area contributed by atoms with Crippen LogP contribution in [0.3, 0.4) is 0 Å². The fourth-order valence-corrected chi connectivity index (χ4v) is 5.13. The molecule has 236 valence electrons. The van der Waals surface area contributed by atoms with E-state index in [0.29, 0.717) is 49.5 Å². The summed E-state index contributed by atoms with van der Waals surface area (Å²) in [5.41, 5.74) is -1.06. The summed E-state index contributed by atoms with van der Waals surface area (Å²) in [5.74, 6) is -0.462. The van der Waals surface area contributed by atoms with Crippen LogP contribution < -0.4 is 10.2 Å². The van der Waals surface area contributed by atoms with Crippen molar-refractivity contribution in [3.8, 4) is 11.5 Å². The lowest BCUT2D eigenvalue weighted by Gasteiger charge is -2.27. The first kappa shape index (κ1) is 31.1. The number of pyridine rings is 1. The van der Waals surface area contributed by atoms with Gasteiger partial charge in [-0.2, -0.15) is 5.10 Å². The average molecular weight is 615 g/mol. The fourth-order valence-electron chi connectivity index (χ4n) is 5.13. The number of aromatic nitrogens is 4. The molecule has 12 nitrogen and oxygen atoms in total. The summed E-state index contributed by atoms with van der Waals surface area (Å²) in [7, 11) is 1.34. The lowest BCUT2D eigenvalue weighted by atomic mass is 9.86. The Morgan fingerprint density at radius 3 is 2.52 bits per heavy atom. The molecule has 0 aromatic carbocycles. The van der Waals surface area contributed by atoms with Crippen LogP contribution in [0.4, 0.5) is 25.1 Å². The van der Waals surface area contributed by atoms with E-state index in [1.807, 2.05) is 0 Å². The van der Waals surface area contributed by atoms with Crippen LogP contribution >= 0.6 is 0 Å². The average Bonchev–Trinajstić information content (AvgIpc) is 3.49. The van der Waals surface area contributed by atoms with Gasteiger partial charge in [-0.1, -0.05) is 0 Å². The Balaban J connectivity index is 1.30. The zero-order valence-electron chi connectivity index (χ0n) is 25.1. The second kappa shape index (κ2) is 12.7. The molecule has 0 bridgehead atoms. The van der Waals surface area contributed by atoms with Gasteiger partial charge in [0.05, 0.1) is 24.8 Å². The number of esters is 1. The second-order valence-corrected chi connectivity index (χ2v) is 12.2. The highest BCUT2D eigenvalue weighted by Gasteiger charge is 2.32. The van der Waals surface area contributed by atoms with Crippen LogP contribution in [0, 0.1) is 11.8 Å². The number of hydrogen-bond acceptors (Lipinski definition) is 9. The first-order valence-electron chi connectivity index (χ1n) is 14.6. The van der Waals surface area contributed by atoms with Gasteiger partial charge >= 0.3 is 12.1 Å². The van der Waals surface area contributed by atoms with Crippen molar-refractivity contribution in [2.45, 2.75) is 77.4 Å². The summed E-state index contributed by atoms with van der Waals surface area (Å²) >= 11 is 0. The summed E-state index contributed by atoms with van der Waals surface area (Å²) in [4.78, 5) is 47.9. The van der Waals surface area contributed by atoms with Gasteiger partial charge in [0.25, 0.3) is 12.3 Å². The molecule has 2 aliphatic carbocycles. The van der Waals surface area contributed by atoms with Gasteiger partial charge in [0, 0.05) is 24.5 Å². The molecule has 0 unspecified atom stereocenters. The number of carbonyl (C=O) groups excluding carboxylic acids is 3. The molecule has 0 atom stereocenters. The van der Waals surface area contributed by atoms with E-state index < -0.39 is 29.7 Å². The van der Waals surface area contributed by atoms with Gasteiger partial charge in [0.2, 0.25) is 5.89 Å². The molecule has 3 heterocycles. The van der Waals surface area contributed by atoms with E-state index >= 15 is 0 Å². The molecule has 44 heavy (non-hydrogen) atoms. The zero-order chi connectivity index (χ0) is 31.6. The quantitative estimate of drug-likeness (QED) is 0.280. The van der Waals surface area contributed by atoms with Crippen LogP contribution in [0.15, 0.2) is 35.2 Å². The number of nitrogens with one attached hydrogen (secondary N) is 1. The lowest BCUT2D eigenvalue weighted by molar-refractivity contribution is -0.146. The number of alkyl halides is 2. The Morgan fingerprint density at radius 1 is 1.16 bits per heavy atom. The third-order valence-corrected chi connectivity index (χ3v) is 7.58. The van der Waals surface area contributed by atoms with Crippen molar-refractivity contribution in [3.05, 3.63) is 42.2 Å². The molecule has 0 spiro atoms. The summed E-state index contributed by atoms with van der Waals surface area (Å²) in [5, 5.41) is 6.54. The normalized spacial score (nSPS) is 18.6. The van der Waals surface area contributed by atoms with E-state index in [2.05, 4.69) is 20.4 Å². The van der Waals surface area contributed by atoms with Crippen molar-refractivity contribution in [1.29, 1.82) is 0 Å². The number of carbonyl (C=O) groups is 3. The molecule has 0 radical (unpaired) electrons. The van der Waals surface area contributed by atoms with Crippen LogP contribution in [0.5, 0.6) is 0 Å². The Bertz CT molecular complexity index is 1500. The molecule has 0 aliphatic heterocycles. The Morgan fingerprint density at radius 2 is 1.89 bits per heavy atom. The molecular weight excluding hydrogens is 578 g/mol. The molecular formula is C30H36F2N6O6. The van der Waals surface area contributed by atoms with E-state index in [-0.39, 0.29) is 35.2 Å². The molecule has 2 amide bonds. The highest BCUT2D eigenvalue weighted by Crippen LogP contribution is 2.36. The summed E-state index contributed by atoms with van der Waals surface area (Å²) < 4.78 is 45.1. The number of ether oxygens (including phenoxy) is 2. The van der Waals surface area contributed by atoms with Crippen LogP contribution in [-0.2, 0) is 14.3 Å². The molecule has 3 aromatic rings. The van der Waals surface area contributed by atoms with Crippen LogP contribution in [0.2, 0.25) is 0 Å². The van der Waals surface area contributed by atoms with Gasteiger partial charge in [-0.25, -0.2) is 23.5 Å². The van der Waals surface area contributed by atoms with E-state index in [4.69, 9.17) is 13.9 Å². The third kappa shape index (κ3) is 7.40. The molecule has 0 saturated heterocycles. The predicted molar refractivity (Wildman–Crippen MR) is 154 cm³/mol. The number of oxazole rings is 1. The molecule has 2 aliphatic rings. The van der Waals surface area contributed by atoms with Crippen molar-refractivity contribution in [2.75, 3.05) is 23.9 Å². The van der Waals surface area contributed by atoms with Crippen molar-refractivity contribution < 1.29 is 37.1 Å². The Kier molecular flexibility index (Phi) is 8.97. The first-order chi connectivity index (χ1) is 20.9. The smallest absolute Gasteiger partial charge is 0.416 e. The molecule has 5 rings (SSSR count). The summed E-state index contributed by atoms with van der Waals surface area (Å²) in [6, 6.07) is 3.04. The molecule has 14 heteroatoms. The largest absolute Gasteiger partial charge is 0.469 e. The summed E-state index contributed by atoms with van der Waals surface area (Å²) in [6.07, 6.45) is 4.81. The number of rotatable bonds is 9.